The van der Waals surface area contributed by atoms with Gasteiger partial charge in [0.15, 0.2) is 0 Å². The normalized spacial score (nSPS) is 19.1. The first-order chi connectivity index (χ1) is 9.60. The number of anilines is 1. The van der Waals surface area contributed by atoms with Crippen LogP contribution in [0.2, 0.25) is 0 Å². The number of urea groups is 1. The van der Waals surface area contributed by atoms with Crippen molar-refractivity contribution < 1.29 is 4.79 Å². The molecule has 1 fully saturated rings. The summed E-state index contributed by atoms with van der Waals surface area (Å²) in [6.45, 7) is 10.3. The van der Waals surface area contributed by atoms with Crippen LogP contribution in [-0.4, -0.2) is 37.1 Å². The highest BCUT2D eigenvalue weighted by Gasteiger charge is 2.21. The van der Waals surface area contributed by atoms with Gasteiger partial charge in [-0.05, 0) is 50.4 Å². The number of carbonyl (C=O) groups excluding carboxylic acids is 1. The lowest BCUT2D eigenvalue weighted by Gasteiger charge is -2.15. The summed E-state index contributed by atoms with van der Waals surface area (Å²) in [4.78, 5) is 14.4. The molecule has 0 spiro atoms. The molecule has 2 N–H and O–H groups in total. The van der Waals surface area contributed by atoms with Gasteiger partial charge in [-0.3, -0.25) is 0 Å². The molecule has 1 aliphatic heterocycles. The van der Waals surface area contributed by atoms with Gasteiger partial charge in [0, 0.05) is 18.8 Å². The molecule has 0 aromatic heterocycles. The van der Waals surface area contributed by atoms with E-state index in [2.05, 4.69) is 22.5 Å². The van der Waals surface area contributed by atoms with Gasteiger partial charge < -0.3 is 15.5 Å². The SMILES string of the molecule is CCN1CC[C@@H](CNC(=O)Nc2c(C)cccc2C)C1. The average Bonchev–Trinajstić information content (AvgIpc) is 2.89. The van der Waals surface area contributed by atoms with Gasteiger partial charge in [0.05, 0.1) is 0 Å². The van der Waals surface area contributed by atoms with Crippen molar-refractivity contribution >= 4 is 11.7 Å². The van der Waals surface area contributed by atoms with E-state index in [1.807, 2.05) is 32.0 Å². The molecule has 4 nitrogen and oxygen atoms in total. The Morgan fingerprint density at radius 2 is 2.05 bits per heavy atom. The van der Waals surface area contributed by atoms with E-state index in [0.717, 1.165) is 43.0 Å². The molecular weight excluding hydrogens is 250 g/mol. The predicted molar refractivity (Wildman–Crippen MR) is 83.2 cm³/mol. The fourth-order valence-corrected chi connectivity index (χ4v) is 2.77. The fourth-order valence-electron chi connectivity index (χ4n) is 2.77. The minimum absolute atomic E-state index is 0.0997. The monoisotopic (exact) mass is 275 g/mol. The second kappa shape index (κ2) is 6.75. The number of amides is 2. The van der Waals surface area contributed by atoms with Crippen LogP contribution in [0.3, 0.4) is 0 Å². The minimum Gasteiger partial charge on any atom is -0.338 e. The minimum atomic E-state index is -0.0997. The van der Waals surface area contributed by atoms with Gasteiger partial charge in [-0.2, -0.15) is 0 Å². The molecule has 0 radical (unpaired) electrons. The fraction of sp³-hybridized carbons (Fsp3) is 0.562. The molecule has 20 heavy (non-hydrogen) atoms. The van der Waals surface area contributed by atoms with Crippen molar-refractivity contribution in [1.29, 1.82) is 0 Å². The summed E-state index contributed by atoms with van der Waals surface area (Å²) in [5.41, 5.74) is 3.11. The van der Waals surface area contributed by atoms with Crippen LogP contribution in [0.1, 0.15) is 24.5 Å². The number of hydrogen-bond donors (Lipinski definition) is 2. The van der Waals surface area contributed by atoms with Gasteiger partial charge in [-0.25, -0.2) is 4.79 Å². The van der Waals surface area contributed by atoms with Crippen LogP contribution in [-0.2, 0) is 0 Å². The third-order valence-corrected chi connectivity index (χ3v) is 4.09. The first kappa shape index (κ1) is 14.9. The molecule has 0 bridgehead atoms. The lowest BCUT2D eigenvalue weighted by molar-refractivity contribution is 0.250. The standard InChI is InChI=1S/C16H25N3O/c1-4-19-9-8-14(11-19)10-17-16(20)18-15-12(2)6-5-7-13(15)3/h5-7,14H,4,8-11H2,1-3H3,(H2,17,18,20)/t14-/m0/s1. The molecule has 0 saturated carbocycles. The van der Waals surface area contributed by atoms with Crippen LogP contribution in [0, 0.1) is 19.8 Å². The number of aryl methyl sites for hydroxylation is 2. The average molecular weight is 275 g/mol. The molecule has 1 atom stereocenters. The van der Waals surface area contributed by atoms with Crippen LogP contribution >= 0.6 is 0 Å². The van der Waals surface area contributed by atoms with Crippen molar-refractivity contribution in [3.05, 3.63) is 29.3 Å². The first-order valence-electron chi connectivity index (χ1n) is 7.43. The summed E-state index contributed by atoms with van der Waals surface area (Å²) < 4.78 is 0. The van der Waals surface area contributed by atoms with E-state index >= 15 is 0 Å². The molecular formula is C16H25N3O. The van der Waals surface area contributed by atoms with E-state index in [9.17, 15) is 4.79 Å². The molecule has 1 heterocycles. The van der Waals surface area contributed by atoms with Gasteiger partial charge in [-0.15, -0.1) is 0 Å². The maximum atomic E-state index is 12.0. The maximum absolute atomic E-state index is 12.0. The van der Waals surface area contributed by atoms with Gasteiger partial charge in [0.25, 0.3) is 0 Å². The van der Waals surface area contributed by atoms with Crippen molar-refractivity contribution in [2.45, 2.75) is 27.2 Å². The zero-order chi connectivity index (χ0) is 14.5. The van der Waals surface area contributed by atoms with Gasteiger partial charge >= 0.3 is 6.03 Å². The highest BCUT2D eigenvalue weighted by molar-refractivity contribution is 5.90. The number of nitrogens with one attached hydrogen (secondary N) is 2. The Morgan fingerprint density at radius 3 is 2.65 bits per heavy atom. The Kier molecular flexibility index (Phi) is 5.01. The zero-order valence-corrected chi connectivity index (χ0v) is 12.7. The number of hydrogen-bond acceptors (Lipinski definition) is 2. The van der Waals surface area contributed by atoms with Gasteiger partial charge in [0.1, 0.15) is 0 Å². The molecule has 110 valence electrons. The molecule has 2 amide bonds. The van der Waals surface area contributed by atoms with Crippen LogP contribution in [0.4, 0.5) is 10.5 Å². The topological polar surface area (TPSA) is 44.4 Å². The predicted octanol–water partition coefficient (Wildman–Crippen LogP) is 2.77. The zero-order valence-electron chi connectivity index (χ0n) is 12.7. The summed E-state index contributed by atoms with van der Waals surface area (Å²) in [7, 11) is 0. The van der Waals surface area contributed by atoms with Crippen molar-refractivity contribution in [2.75, 3.05) is 31.5 Å². The molecule has 1 aromatic carbocycles. The van der Waals surface area contributed by atoms with Crippen LogP contribution < -0.4 is 10.6 Å². The number of benzene rings is 1. The molecule has 2 rings (SSSR count). The van der Waals surface area contributed by atoms with E-state index in [4.69, 9.17) is 0 Å². The summed E-state index contributed by atoms with van der Waals surface area (Å²) in [5.74, 6) is 0.582. The van der Waals surface area contributed by atoms with Crippen molar-refractivity contribution in [3.8, 4) is 0 Å². The molecule has 0 aliphatic carbocycles. The third kappa shape index (κ3) is 3.73. The Balaban J connectivity index is 1.81. The lowest BCUT2D eigenvalue weighted by Crippen LogP contribution is -2.34. The number of likely N-dealkylation sites (tertiary alicyclic amines) is 1. The van der Waals surface area contributed by atoms with E-state index < -0.39 is 0 Å². The quantitative estimate of drug-likeness (QED) is 0.887. The van der Waals surface area contributed by atoms with E-state index in [1.54, 1.807) is 0 Å². The maximum Gasteiger partial charge on any atom is 0.319 e. The van der Waals surface area contributed by atoms with Crippen LogP contribution in [0.15, 0.2) is 18.2 Å². The molecule has 1 aromatic rings. The number of nitrogens with zero attached hydrogens (tertiary/aromatic N) is 1. The highest BCUT2D eigenvalue weighted by Crippen LogP contribution is 2.19. The molecule has 4 heteroatoms. The molecule has 1 saturated heterocycles. The lowest BCUT2D eigenvalue weighted by atomic mass is 10.1. The highest BCUT2D eigenvalue weighted by atomic mass is 16.2. The smallest absolute Gasteiger partial charge is 0.319 e. The van der Waals surface area contributed by atoms with Gasteiger partial charge in [0.2, 0.25) is 0 Å². The van der Waals surface area contributed by atoms with Crippen molar-refractivity contribution in [2.24, 2.45) is 5.92 Å². The largest absolute Gasteiger partial charge is 0.338 e. The molecule has 0 unspecified atom stereocenters. The Hall–Kier alpha value is -1.55. The van der Waals surface area contributed by atoms with Gasteiger partial charge in [-0.1, -0.05) is 25.1 Å². The third-order valence-electron chi connectivity index (χ3n) is 4.09. The van der Waals surface area contributed by atoms with Crippen LogP contribution in [0.25, 0.3) is 0 Å². The second-order valence-corrected chi connectivity index (χ2v) is 5.65. The Morgan fingerprint density at radius 1 is 1.35 bits per heavy atom. The second-order valence-electron chi connectivity index (χ2n) is 5.65. The number of para-hydroxylation sites is 1. The Labute approximate surface area is 121 Å². The van der Waals surface area contributed by atoms with Crippen LogP contribution in [0.5, 0.6) is 0 Å². The summed E-state index contributed by atoms with van der Waals surface area (Å²) in [5, 5.41) is 5.96. The number of carbonyl (C=O) groups is 1. The number of rotatable bonds is 4. The van der Waals surface area contributed by atoms with Crippen molar-refractivity contribution in [3.63, 3.8) is 0 Å². The summed E-state index contributed by atoms with van der Waals surface area (Å²) >= 11 is 0. The van der Waals surface area contributed by atoms with E-state index in [1.165, 1.54) is 6.42 Å². The Bertz CT molecular complexity index is 453. The van der Waals surface area contributed by atoms with E-state index in [-0.39, 0.29) is 6.03 Å². The van der Waals surface area contributed by atoms with E-state index in [0.29, 0.717) is 5.92 Å². The first-order valence-corrected chi connectivity index (χ1v) is 7.43. The summed E-state index contributed by atoms with van der Waals surface area (Å²) in [6, 6.07) is 5.93. The van der Waals surface area contributed by atoms with Crippen molar-refractivity contribution in [1.82, 2.24) is 10.2 Å². The summed E-state index contributed by atoms with van der Waals surface area (Å²) in [6.07, 6.45) is 1.18. The molecule has 1 aliphatic rings.